The van der Waals surface area contributed by atoms with Crippen LogP contribution in [0.25, 0.3) is 0 Å². The average Bonchev–Trinajstić information content (AvgIpc) is 2.34. The van der Waals surface area contributed by atoms with Crippen molar-refractivity contribution in [1.82, 2.24) is 0 Å². The van der Waals surface area contributed by atoms with Gasteiger partial charge < -0.3 is 10.6 Å². The van der Waals surface area contributed by atoms with Gasteiger partial charge in [0.1, 0.15) is 0 Å². The molecule has 0 atom stereocenters. The van der Waals surface area contributed by atoms with Crippen LogP contribution < -0.4 is 10.6 Å². The largest absolute Gasteiger partial charge is 0.323 e. The summed E-state index contributed by atoms with van der Waals surface area (Å²) in [6, 6.07) is 13.3. The highest BCUT2D eigenvalue weighted by atomic mass is 127. The molecule has 2 aromatic carbocycles. The van der Waals surface area contributed by atoms with Crippen LogP contribution in [0.1, 0.15) is 11.1 Å². The summed E-state index contributed by atoms with van der Waals surface area (Å²) in [5, 5.41) is 5.64. The number of carbonyl (C=O) groups is 1. The summed E-state index contributed by atoms with van der Waals surface area (Å²) in [5.74, 6) is 0. The molecule has 2 N–H and O–H groups in total. The number of carbonyl (C=O) groups excluding carboxylic acids is 1. The molecule has 0 heterocycles. The van der Waals surface area contributed by atoms with E-state index < -0.39 is 0 Å². The van der Waals surface area contributed by atoms with Crippen molar-refractivity contribution in [3.8, 4) is 0 Å². The predicted octanol–water partition coefficient (Wildman–Crippen LogP) is 4.55. The van der Waals surface area contributed by atoms with Crippen LogP contribution in [0, 0.1) is 17.4 Å². The monoisotopic (exact) mass is 366 g/mol. The minimum atomic E-state index is -0.231. The number of aryl methyl sites for hydroxylation is 2. The molecule has 2 rings (SSSR count). The number of nitrogens with one attached hydrogen (secondary N) is 2. The molecule has 0 bridgehead atoms. The number of hydrogen-bond donors (Lipinski definition) is 2. The summed E-state index contributed by atoms with van der Waals surface area (Å²) in [5.41, 5.74) is 3.90. The highest BCUT2D eigenvalue weighted by molar-refractivity contribution is 14.1. The number of amides is 2. The molecule has 19 heavy (non-hydrogen) atoms. The van der Waals surface area contributed by atoms with E-state index in [1.54, 1.807) is 0 Å². The molecule has 0 spiro atoms. The summed E-state index contributed by atoms with van der Waals surface area (Å²) in [6.45, 7) is 4.03. The average molecular weight is 366 g/mol. The first kappa shape index (κ1) is 13.9. The van der Waals surface area contributed by atoms with E-state index in [1.165, 1.54) is 5.56 Å². The highest BCUT2D eigenvalue weighted by Gasteiger charge is 2.04. The maximum Gasteiger partial charge on any atom is 0.323 e. The number of benzene rings is 2. The SMILES string of the molecule is Cc1cccc(NC(=O)Nc2ccc(C)c(I)c2)c1. The van der Waals surface area contributed by atoms with E-state index in [4.69, 9.17) is 0 Å². The van der Waals surface area contributed by atoms with E-state index >= 15 is 0 Å². The van der Waals surface area contributed by atoms with Crippen LogP contribution in [0.4, 0.5) is 16.2 Å². The summed E-state index contributed by atoms with van der Waals surface area (Å²) in [4.78, 5) is 11.9. The normalized spacial score (nSPS) is 10.1. The lowest BCUT2D eigenvalue weighted by Crippen LogP contribution is -2.19. The predicted molar refractivity (Wildman–Crippen MR) is 87.7 cm³/mol. The standard InChI is InChI=1S/C15H15IN2O/c1-10-4-3-5-12(8-10)17-15(19)18-13-7-6-11(2)14(16)9-13/h3-9H,1-2H3,(H2,17,18,19). The van der Waals surface area contributed by atoms with E-state index in [1.807, 2.05) is 56.3 Å². The molecule has 2 aromatic rings. The molecular formula is C15H15IN2O. The third-order valence-electron chi connectivity index (χ3n) is 2.71. The molecule has 0 unspecified atom stereocenters. The van der Waals surface area contributed by atoms with Crippen molar-refractivity contribution in [3.05, 3.63) is 57.2 Å². The Balaban J connectivity index is 2.03. The minimum absolute atomic E-state index is 0.231. The summed E-state index contributed by atoms with van der Waals surface area (Å²) >= 11 is 2.25. The second kappa shape index (κ2) is 6.06. The fourth-order valence-corrected chi connectivity index (χ4v) is 2.20. The lowest BCUT2D eigenvalue weighted by molar-refractivity contribution is 0.262. The van der Waals surface area contributed by atoms with Crippen LogP contribution in [-0.4, -0.2) is 6.03 Å². The van der Waals surface area contributed by atoms with Gasteiger partial charge in [0.2, 0.25) is 0 Å². The Hall–Kier alpha value is -1.56. The number of anilines is 2. The minimum Gasteiger partial charge on any atom is -0.308 e. The van der Waals surface area contributed by atoms with Gasteiger partial charge >= 0.3 is 6.03 Å². The summed E-state index contributed by atoms with van der Waals surface area (Å²) in [7, 11) is 0. The van der Waals surface area contributed by atoms with Gasteiger partial charge in [0.15, 0.2) is 0 Å². The van der Waals surface area contributed by atoms with Crippen LogP contribution in [0.2, 0.25) is 0 Å². The number of urea groups is 1. The maximum absolute atomic E-state index is 11.9. The summed E-state index contributed by atoms with van der Waals surface area (Å²) in [6.07, 6.45) is 0. The van der Waals surface area contributed by atoms with Gasteiger partial charge in [-0.3, -0.25) is 0 Å². The van der Waals surface area contributed by atoms with Crippen molar-refractivity contribution in [2.75, 3.05) is 10.6 Å². The van der Waals surface area contributed by atoms with E-state index in [0.29, 0.717) is 0 Å². The smallest absolute Gasteiger partial charge is 0.308 e. The maximum atomic E-state index is 11.9. The van der Waals surface area contributed by atoms with Gasteiger partial charge in [0, 0.05) is 14.9 Å². The van der Waals surface area contributed by atoms with Gasteiger partial charge in [-0.15, -0.1) is 0 Å². The molecule has 4 heteroatoms. The first-order chi connectivity index (χ1) is 9.04. The van der Waals surface area contributed by atoms with Crippen molar-refractivity contribution in [2.45, 2.75) is 13.8 Å². The molecule has 0 aromatic heterocycles. The first-order valence-corrected chi connectivity index (χ1v) is 7.03. The van der Waals surface area contributed by atoms with Crippen LogP contribution in [0.3, 0.4) is 0 Å². The third-order valence-corrected chi connectivity index (χ3v) is 3.87. The first-order valence-electron chi connectivity index (χ1n) is 5.95. The summed E-state index contributed by atoms with van der Waals surface area (Å²) < 4.78 is 1.13. The van der Waals surface area contributed by atoms with Crippen molar-refractivity contribution in [2.24, 2.45) is 0 Å². The van der Waals surface area contributed by atoms with Gasteiger partial charge in [-0.25, -0.2) is 4.79 Å². The van der Waals surface area contributed by atoms with E-state index in [0.717, 1.165) is 20.5 Å². The topological polar surface area (TPSA) is 41.1 Å². The van der Waals surface area contributed by atoms with Crippen LogP contribution in [0.15, 0.2) is 42.5 Å². The molecule has 0 radical (unpaired) electrons. The number of halogens is 1. The zero-order chi connectivity index (χ0) is 13.8. The fourth-order valence-electron chi connectivity index (χ4n) is 1.69. The van der Waals surface area contributed by atoms with Crippen LogP contribution in [-0.2, 0) is 0 Å². The third kappa shape index (κ3) is 3.96. The molecule has 0 saturated carbocycles. The molecule has 98 valence electrons. The lowest BCUT2D eigenvalue weighted by Gasteiger charge is -2.09. The Bertz CT molecular complexity index is 611. The fraction of sp³-hybridized carbons (Fsp3) is 0.133. The van der Waals surface area contributed by atoms with Crippen LogP contribution >= 0.6 is 22.6 Å². The van der Waals surface area contributed by atoms with Gasteiger partial charge in [0.25, 0.3) is 0 Å². The van der Waals surface area contributed by atoms with Gasteiger partial charge in [0.05, 0.1) is 0 Å². The second-order valence-corrected chi connectivity index (χ2v) is 5.57. The molecule has 0 saturated heterocycles. The Morgan fingerprint density at radius 1 is 1.00 bits per heavy atom. The Labute approximate surface area is 126 Å². The molecule has 0 aliphatic heterocycles. The molecular weight excluding hydrogens is 351 g/mol. The van der Waals surface area contributed by atoms with Crippen molar-refractivity contribution < 1.29 is 4.79 Å². The van der Waals surface area contributed by atoms with Gasteiger partial charge in [-0.05, 0) is 71.8 Å². The van der Waals surface area contributed by atoms with Gasteiger partial charge in [-0.2, -0.15) is 0 Å². The Morgan fingerprint density at radius 3 is 2.32 bits per heavy atom. The second-order valence-electron chi connectivity index (χ2n) is 4.41. The zero-order valence-electron chi connectivity index (χ0n) is 10.8. The Morgan fingerprint density at radius 2 is 1.68 bits per heavy atom. The zero-order valence-corrected chi connectivity index (χ0v) is 13.0. The number of hydrogen-bond acceptors (Lipinski definition) is 1. The van der Waals surface area contributed by atoms with Gasteiger partial charge in [-0.1, -0.05) is 18.2 Å². The van der Waals surface area contributed by atoms with Crippen molar-refractivity contribution in [1.29, 1.82) is 0 Å². The molecule has 0 aliphatic rings. The van der Waals surface area contributed by atoms with Crippen LogP contribution in [0.5, 0.6) is 0 Å². The molecule has 0 fully saturated rings. The molecule has 0 aliphatic carbocycles. The van der Waals surface area contributed by atoms with Crippen molar-refractivity contribution in [3.63, 3.8) is 0 Å². The quantitative estimate of drug-likeness (QED) is 0.753. The van der Waals surface area contributed by atoms with E-state index in [2.05, 4.69) is 33.2 Å². The molecule has 2 amide bonds. The van der Waals surface area contributed by atoms with E-state index in [-0.39, 0.29) is 6.03 Å². The highest BCUT2D eigenvalue weighted by Crippen LogP contribution is 2.17. The molecule has 3 nitrogen and oxygen atoms in total. The van der Waals surface area contributed by atoms with Crippen molar-refractivity contribution >= 4 is 40.0 Å². The lowest BCUT2D eigenvalue weighted by atomic mass is 10.2. The van der Waals surface area contributed by atoms with E-state index in [9.17, 15) is 4.79 Å². The Kier molecular flexibility index (Phi) is 4.42. The number of rotatable bonds is 2.